The Morgan fingerprint density at radius 1 is 1.37 bits per heavy atom. The molecule has 0 fully saturated rings. The van der Waals surface area contributed by atoms with Crippen molar-refractivity contribution in [2.24, 2.45) is 0 Å². The number of hydrogen-bond donors (Lipinski definition) is 1. The van der Waals surface area contributed by atoms with Gasteiger partial charge in [-0.05, 0) is 36.5 Å². The Bertz CT molecular complexity index is 1050. The van der Waals surface area contributed by atoms with E-state index in [0.29, 0.717) is 0 Å². The van der Waals surface area contributed by atoms with Crippen molar-refractivity contribution in [3.8, 4) is 0 Å². The first kappa shape index (κ1) is 17.3. The molecular weight excluding hydrogens is 340 g/mol. The largest absolute Gasteiger partial charge is 0.360 e. The highest BCUT2D eigenvalue weighted by Crippen LogP contribution is 2.32. The van der Waals surface area contributed by atoms with E-state index in [0.717, 1.165) is 37.3 Å². The van der Waals surface area contributed by atoms with Gasteiger partial charge in [-0.25, -0.2) is 4.98 Å². The number of fused-ring (bicyclic) bond motifs is 1. The lowest BCUT2D eigenvalue weighted by Gasteiger charge is -2.28. The molecule has 0 atom stereocenters. The molecule has 0 unspecified atom stereocenters. The standard InChI is InChI=1S/C21H22N4O2/c1-3-15-5-4-6-18-19(13-22-20(15)18)16-7-9-24(10-8-16)21-14(2)11-17(12-23-21)25(26)27/h4-7,11-13,22H,3,8-10H2,1-2H3. The van der Waals surface area contributed by atoms with Gasteiger partial charge < -0.3 is 9.88 Å². The zero-order valence-corrected chi connectivity index (χ0v) is 15.5. The fourth-order valence-corrected chi connectivity index (χ4v) is 3.87. The van der Waals surface area contributed by atoms with Gasteiger partial charge in [-0.2, -0.15) is 0 Å². The molecule has 1 aliphatic heterocycles. The number of nitro groups is 1. The zero-order valence-electron chi connectivity index (χ0n) is 15.5. The minimum absolute atomic E-state index is 0.0370. The summed E-state index contributed by atoms with van der Waals surface area (Å²) >= 11 is 0. The summed E-state index contributed by atoms with van der Waals surface area (Å²) in [5.74, 6) is 0.822. The number of nitrogens with one attached hydrogen (secondary N) is 1. The Morgan fingerprint density at radius 2 is 2.22 bits per heavy atom. The second kappa shape index (κ2) is 6.87. The van der Waals surface area contributed by atoms with Crippen molar-refractivity contribution in [3.05, 3.63) is 69.5 Å². The molecule has 3 heterocycles. The maximum absolute atomic E-state index is 10.9. The summed E-state index contributed by atoms with van der Waals surface area (Å²) in [6, 6.07) is 8.06. The number of benzene rings is 1. The number of hydrogen-bond acceptors (Lipinski definition) is 4. The molecule has 27 heavy (non-hydrogen) atoms. The van der Waals surface area contributed by atoms with Crippen LogP contribution in [-0.4, -0.2) is 28.0 Å². The number of rotatable bonds is 4. The van der Waals surface area contributed by atoms with Crippen LogP contribution >= 0.6 is 0 Å². The maximum atomic E-state index is 10.9. The summed E-state index contributed by atoms with van der Waals surface area (Å²) in [7, 11) is 0. The first-order valence-corrected chi connectivity index (χ1v) is 9.23. The molecule has 6 heteroatoms. The molecule has 0 bridgehead atoms. The SMILES string of the molecule is CCc1cccc2c(C3=CCN(c4ncc([N+](=O)[O-])cc4C)CC3)c[nH]c12. The van der Waals surface area contributed by atoms with Crippen molar-refractivity contribution in [2.45, 2.75) is 26.7 Å². The van der Waals surface area contributed by atoms with Gasteiger partial charge in [-0.3, -0.25) is 10.1 Å². The first-order valence-electron chi connectivity index (χ1n) is 9.23. The summed E-state index contributed by atoms with van der Waals surface area (Å²) in [5, 5.41) is 12.2. The second-order valence-corrected chi connectivity index (χ2v) is 6.91. The number of aromatic amines is 1. The number of nitrogens with zero attached hydrogens (tertiary/aromatic N) is 3. The van der Waals surface area contributed by atoms with Crippen LogP contribution in [-0.2, 0) is 6.42 Å². The van der Waals surface area contributed by atoms with E-state index in [9.17, 15) is 10.1 Å². The summed E-state index contributed by atoms with van der Waals surface area (Å²) in [6.45, 7) is 5.64. The number of aromatic nitrogens is 2. The first-order chi connectivity index (χ1) is 13.1. The lowest BCUT2D eigenvalue weighted by Crippen LogP contribution is -2.29. The van der Waals surface area contributed by atoms with Gasteiger partial charge in [0.05, 0.1) is 4.92 Å². The van der Waals surface area contributed by atoms with E-state index in [1.807, 2.05) is 6.92 Å². The van der Waals surface area contributed by atoms with Crippen molar-refractivity contribution in [3.63, 3.8) is 0 Å². The lowest BCUT2D eigenvalue weighted by molar-refractivity contribution is -0.385. The average Bonchev–Trinajstić information content (AvgIpc) is 3.12. The molecule has 1 N–H and O–H groups in total. The van der Waals surface area contributed by atoms with Crippen LogP contribution in [0.4, 0.5) is 11.5 Å². The Hall–Kier alpha value is -3.15. The highest BCUT2D eigenvalue weighted by Gasteiger charge is 2.19. The summed E-state index contributed by atoms with van der Waals surface area (Å²) < 4.78 is 0. The minimum Gasteiger partial charge on any atom is -0.360 e. The molecule has 0 saturated carbocycles. The van der Waals surface area contributed by atoms with Crippen LogP contribution < -0.4 is 4.90 Å². The molecule has 0 saturated heterocycles. The van der Waals surface area contributed by atoms with Gasteiger partial charge in [-0.15, -0.1) is 0 Å². The molecule has 0 radical (unpaired) electrons. The molecule has 1 aromatic carbocycles. The molecule has 0 aliphatic carbocycles. The van der Waals surface area contributed by atoms with E-state index in [1.54, 1.807) is 6.07 Å². The molecule has 3 aromatic rings. The Balaban J connectivity index is 1.60. The summed E-state index contributed by atoms with van der Waals surface area (Å²) in [4.78, 5) is 20.5. The van der Waals surface area contributed by atoms with E-state index in [4.69, 9.17) is 0 Å². The molecule has 6 nitrogen and oxygen atoms in total. The average molecular weight is 362 g/mol. The Kier molecular flexibility index (Phi) is 4.39. The van der Waals surface area contributed by atoms with Gasteiger partial charge >= 0.3 is 0 Å². The predicted molar refractivity (Wildman–Crippen MR) is 108 cm³/mol. The Labute approximate surface area is 157 Å². The van der Waals surface area contributed by atoms with Crippen LogP contribution in [0.15, 0.2) is 42.7 Å². The van der Waals surface area contributed by atoms with Gasteiger partial charge in [0.2, 0.25) is 0 Å². The fourth-order valence-electron chi connectivity index (χ4n) is 3.87. The fraction of sp³-hybridized carbons (Fsp3) is 0.286. The molecule has 4 rings (SSSR count). The third kappa shape index (κ3) is 3.07. The molecule has 0 amide bonds. The van der Waals surface area contributed by atoms with Crippen molar-refractivity contribution in [2.75, 3.05) is 18.0 Å². The number of aryl methyl sites for hydroxylation is 2. The van der Waals surface area contributed by atoms with E-state index >= 15 is 0 Å². The monoisotopic (exact) mass is 362 g/mol. The lowest BCUT2D eigenvalue weighted by atomic mass is 9.97. The normalized spacial score (nSPS) is 14.4. The van der Waals surface area contributed by atoms with E-state index in [-0.39, 0.29) is 5.69 Å². The molecule has 1 aliphatic rings. The van der Waals surface area contributed by atoms with Crippen molar-refractivity contribution in [1.29, 1.82) is 0 Å². The maximum Gasteiger partial charge on any atom is 0.287 e. The quantitative estimate of drug-likeness (QED) is 0.542. The highest BCUT2D eigenvalue weighted by molar-refractivity contribution is 5.94. The number of pyridine rings is 1. The van der Waals surface area contributed by atoms with Crippen LogP contribution in [0.25, 0.3) is 16.5 Å². The number of H-pyrrole nitrogens is 1. The van der Waals surface area contributed by atoms with Gasteiger partial charge in [0.1, 0.15) is 12.0 Å². The van der Waals surface area contributed by atoms with Crippen LogP contribution in [0.3, 0.4) is 0 Å². The smallest absolute Gasteiger partial charge is 0.287 e. The van der Waals surface area contributed by atoms with Gasteiger partial charge in [0.15, 0.2) is 0 Å². The molecular formula is C21H22N4O2. The van der Waals surface area contributed by atoms with Crippen molar-refractivity contribution >= 4 is 28.0 Å². The number of para-hydroxylation sites is 1. The predicted octanol–water partition coefficient (Wildman–Crippen LogP) is 4.64. The topological polar surface area (TPSA) is 75.1 Å². The van der Waals surface area contributed by atoms with Gasteiger partial charge in [0, 0.05) is 41.8 Å². The number of anilines is 1. The zero-order chi connectivity index (χ0) is 19.0. The second-order valence-electron chi connectivity index (χ2n) is 6.91. The Morgan fingerprint density at radius 3 is 2.89 bits per heavy atom. The van der Waals surface area contributed by atoms with E-state index in [2.05, 4.69) is 52.3 Å². The minimum atomic E-state index is -0.403. The third-order valence-electron chi connectivity index (χ3n) is 5.28. The molecule has 138 valence electrons. The van der Waals surface area contributed by atoms with Gasteiger partial charge in [0.25, 0.3) is 5.69 Å². The van der Waals surface area contributed by atoms with Crippen molar-refractivity contribution < 1.29 is 4.92 Å². The van der Waals surface area contributed by atoms with E-state index < -0.39 is 4.92 Å². The molecule has 2 aromatic heterocycles. The third-order valence-corrected chi connectivity index (χ3v) is 5.28. The van der Waals surface area contributed by atoms with Crippen LogP contribution in [0.5, 0.6) is 0 Å². The highest BCUT2D eigenvalue weighted by atomic mass is 16.6. The summed E-state index contributed by atoms with van der Waals surface area (Å²) in [6.07, 6.45) is 7.62. The van der Waals surface area contributed by atoms with Crippen LogP contribution in [0.2, 0.25) is 0 Å². The summed E-state index contributed by atoms with van der Waals surface area (Å²) in [5.41, 5.74) is 6.04. The van der Waals surface area contributed by atoms with Gasteiger partial charge in [-0.1, -0.05) is 31.2 Å². The van der Waals surface area contributed by atoms with Crippen molar-refractivity contribution in [1.82, 2.24) is 9.97 Å². The van der Waals surface area contributed by atoms with E-state index in [1.165, 1.54) is 33.8 Å². The molecule has 0 spiro atoms. The van der Waals surface area contributed by atoms with Crippen LogP contribution in [0, 0.1) is 17.0 Å². The van der Waals surface area contributed by atoms with Crippen LogP contribution in [0.1, 0.15) is 30.0 Å².